The Morgan fingerprint density at radius 3 is 2.42 bits per heavy atom. The molecule has 2 aromatic rings. The highest BCUT2D eigenvalue weighted by molar-refractivity contribution is 5.93. The molecule has 0 aliphatic rings. The van der Waals surface area contributed by atoms with Crippen molar-refractivity contribution in [2.75, 3.05) is 25.5 Å². The number of nitrogens with zero attached hydrogens (tertiary/aromatic N) is 2. The van der Waals surface area contributed by atoms with E-state index in [1.165, 1.54) is 10.5 Å². The van der Waals surface area contributed by atoms with E-state index >= 15 is 0 Å². The van der Waals surface area contributed by atoms with Crippen LogP contribution >= 0.6 is 0 Å². The van der Waals surface area contributed by atoms with Gasteiger partial charge in [-0.1, -0.05) is 38.1 Å². The van der Waals surface area contributed by atoms with Crippen LogP contribution in [0.25, 0.3) is 0 Å². The molecule has 140 valence electrons. The molecule has 0 unspecified atom stereocenters. The summed E-state index contributed by atoms with van der Waals surface area (Å²) in [5.74, 6) is 0.876. The van der Waals surface area contributed by atoms with Crippen molar-refractivity contribution in [2.24, 2.45) is 0 Å². The number of rotatable bonds is 6. The minimum absolute atomic E-state index is 0.0598. The zero-order valence-corrected chi connectivity index (χ0v) is 15.8. The summed E-state index contributed by atoms with van der Waals surface area (Å²) in [6.07, 6.45) is 0. The summed E-state index contributed by atoms with van der Waals surface area (Å²) >= 11 is 0. The summed E-state index contributed by atoms with van der Waals surface area (Å²) in [7, 11) is 1.54. The molecule has 0 aliphatic heterocycles. The molecule has 0 aliphatic carbocycles. The molecular weight excluding hydrogens is 334 g/mol. The summed E-state index contributed by atoms with van der Waals surface area (Å²) in [6, 6.07) is 9.25. The molecule has 0 atom stereocenters. The van der Waals surface area contributed by atoms with Crippen LogP contribution in [0.15, 0.2) is 34.9 Å². The second-order valence-electron chi connectivity index (χ2n) is 7.18. The fourth-order valence-corrected chi connectivity index (χ4v) is 2.22. The highest BCUT2D eigenvalue weighted by Gasteiger charge is 2.16. The van der Waals surface area contributed by atoms with Crippen molar-refractivity contribution < 1.29 is 18.8 Å². The fraction of sp³-hybridized carbons (Fsp3) is 0.421. The van der Waals surface area contributed by atoms with Gasteiger partial charge in [0.25, 0.3) is 5.91 Å². The number of amides is 2. The molecule has 2 rings (SSSR count). The Balaban J connectivity index is 1.80. The minimum Gasteiger partial charge on any atom is -0.484 e. The maximum Gasteiger partial charge on any atom is 0.260 e. The Labute approximate surface area is 153 Å². The Kier molecular flexibility index (Phi) is 6.02. The Hall–Kier alpha value is -2.83. The van der Waals surface area contributed by atoms with Crippen LogP contribution in [0.2, 0.25) is 0 Å². The van der Waals surface area contributed by atoms with E-state index in [0.29, 0.717) is 17.3 Å². The van der Waals surface area contributed by atoms with Gasteiger partial charge in [-0.05, 0) is 30.0 Å². The summed E-state index contributed by atoms with van der Waals surface area (Å²) in [4.78, 5) is 25.3. The highest BCUT2D eigenvalue weighted by atomic mass is 16.5. The smallest absolute Gasteiger partial charge is 0.260 e. The topological polar surface area (TPSA) is 84.7 Å². The quantitative estimate of drug-likeness (QED) is 0.857. The first kappa shape index (κ1) is 19.5. The van der Waals surface area contributed by atoms with Crippen molar-refractivity contribution in [1.29, 1.82) is 0 Å². The first-order valence-corrected chi connectivity index (χ1v) is 8.35. The summed E-state index contributed by atoms with van der Waals surface area (Å²) in [5, 5.41) is 6.24. The molecule has 1 N–H and O–H groups in total. The van der Waals surface area contributed by atoms with Gasteiger partial charge in [0.05, 0.1) is 6.54 Å². The lowest BCUT2D eigenvalue weighted by Crippen LogP contribution is -2.37. The number of benzene rings is 1. The van der Waals surface area contributed by atoms with Gasteiger partial charge in [0.1, 0.15) is 11.5 Å². The molecule has 2 amide bonds. The van der Waals surface area contributed by atoms with Crippen LogP contribution in [-0.2, 0) is 15.0 Å². The maximum absolute atomic E-state index is 12.1. The number of ether oxygens (including phenoxy) is 1. The zero-order chi connectivity index (χ0) is 19.3. The van der Waals surface area contributed by atoms with E-state index < -0.39 is 0 Å². The summed E-state index contributed by atoms with van der Waals surface area (Å²) in [5.41, 5.74) is 1.25. The van der Waals surface area contributed by atoms with Gasteiger partial charge in [-0.15, -0.1) is 0 Å². The van der Waals surface area contributed by atoms with E-state index in [-0.39, 0.29) is 30.4 Å². The lowest BCUT2D eigenvalue weighted by Gasteiger charge is -2.19. The number of nitrogens with one attached hydrogen (secondary N) is 1. The Bertz CT molecular complexity index is 760. The van der Waals surface area contributed by atoms with Crippen molar-refractivity contribution in [3.05, 3.63) is 41.7 Å². The number of hydrogen-bond donors (Lipinski definition) is 1. The van der Waals surface area contributed by atoms with Crippen molar-refractivity contribution >= 4 is 17.6 Å². The predicted octanol–water partition coefficient (Wildman–Crippen LogP) is 2.76. The minimum atomic E-state index is -0.358. The van der Waals surface area contributed by atoms with Crippen molar-refractivity contribution in [1.82, 2.24) is 10.1 Å². The third kappa shape index (κ3) is 5.61. The van der Waals surface area contributed by atoms with Gasteiger partial charge in [0.2, 0.25) is 5.91 Å². The van der Waals surface area contributed by atoms with Crippen LogP contribution < -0.4 is 10.1 Å². The second kappa shape index (κ2) is 8.03. The number of anilines is 1. The average Bonchev–Trinajstić information content (AvgIpc) is 2.96. The van der Waals surface area contributed by atoms with Crippen LogP contribution in [0, 0.1) is 6.92 Å². The summed E-state index contributed by atoms with van der Waals surface area (Å²) < 4.78 is 10.4. The van der Waals surface area contributed by atoms with Gasteiger partial charge in [-0.2, -0.15) is 0 Å². The second-order valence-corrected chi connectivity index (χ2v) is 7.18. The zero-order valence-electron chi connectivity index (χ0n) is 15.8. The van der Waals surface area contributed by atoms with E-state index in [2.05, 4.69) is 31.2 Å². The Morgan fingerprint density at radius 1 is 1.23 bits per heavy atom. The van der Waals surface area contributed by atoms with Gasteiger partial charge in [0, 0.05) is 13.1 Å². The van der Waals surface area contributed by atoms with Crippen LogP contribution in [0.4, 0.5) is 5.82 Å². The average molecular weight is 359 g/mol. The van der Waals surface area contributed by atoms with Crippen molar-refractivity contribution in [3.63, 3.8) is 0 Å². The number of aromatic nitrogens is 1. The SMILES string of the molecule is Cc1cc(NC(=O)CN(C)C(=O)COc2ccc(C(C)(C)C)cc2)no1. The van der Waals surface area contributed by atoms with Gasteiger partial charge in [-0.3, -0.25) is 9.59 Å². The summed E-state index contributed by atoms with van der Waals surface area (Å²) in [6.45, 7) is 7.88. The largest absolute Gasteiger partial charge is 0.484 e. The van der Waals surface area contributed by atoms with Crippen molar-refractivity contribution in [2.45, 2.75) is 33.1 Å². The number of hydrogen-bond acceptors (Lipinski definition) is 5. The van der Waals surface area contributed by atoms with Crippen LogP contribution in [0.3, 0.4) is 0 Å². The Morgan fingerprint density at radius 2 is 1.88 bits per heavy atom. The van der Waals surface area contributed by atoms with Gasteiger partial charge in [0.15, 0.2) is 12.4 Å². The molecule has 0 saturated carbocycles. The first-order valence-electron chi connectivity index (χ1n) is 8.35. The molecule has 0 bridgehead atoms. The number of carbonyl (C=O) groups is 2. The van der Waals surface area contributed by atoms with E-state index in [1.807, 2.05) is 24.3 Å². The van der Waals surface area contributed by atoms with Crippen LogP contribution in [0.5, 0.6) is 5.75 Å². The van der Waals surface area contributed by atoms with Gasteiger partial charge in [-0.25, -0.2) is 0 Å². The van der Waals surface area contributed by atoms with Gasteiger partial charge >= 0.3 is 0 Å². The molecule has 1 aromatic carbocycles. The number of likely N-dealkylation sites (N-methyl/N-ethyl adjacent to an activating group) is 1. The fourth-order valence-electron chi connectivity index (χ4n) is 2.22. The van der Waals surface area contributed by atoms with E-state index in [0.717, 1.165) is 0 Å². The molecule has 0 fully saturated rings. The standard InChI is InChI=1S/C19H25N3O4/c1-13-10-16(21-26-13)20-17(23)11-22(5)18(24)12-25-15-8-6-14(7-9-15)19(2,3)4/h6-10H,11-12H2,1-5H3,(H,20,21,23). The van der Waals surface area contributed by atoms with E-state index in [1.54, 1.807) is 20.0 Å². The molecule has 7 heteroatoms. The predicted molar refractivity (Wildman–Crippen MR) is 98.1 cm³/mol. The molecule has 0 radical (unpaired) electrons. The molecule has 1 aromatic heterocycles. The molecule has 1 heterocycles. The monoisotopic (exact) mass is 359 g/mol. The lowest BCUT2D eigenvalue weighted by molar-refractivity contribution is -0.135. The number of carbonyl (C=O) groups excluding carboxylic acids is 2. The first-order chi connectivity index (χ1) is 12.1. The normalized spacial score (nSPS) is 11.1. The van der Waals surface area contributed by atoms with Gasteiger partial charge < -0.3 is 19.5 Å². The molecule has 0 spiro atoms. The van der Waals surface area contributed by atoms with E-state index in [9.17, 15) is 9.59 Å². The molecule has 26 heavy (non-hydrogen) atoms. The van der Waals surface area contributed by atoms with E-state index in [4.69, 9.17) is 9.26 Å². The van der Waals surface area contributed by atoms with Crippen LogP contribution in [0.1, 0.15) is 32.1 Å². The molecular formula is C19H25N3O4. The number of aryl methyl sites for hydroxylation is 1. The maximum atomic E-state index is 12.1. The lowest BCUT2D eigenvalue weighted by atomic mass is 9.87. The molecule has 7 nitrogen and oxygen atoms in total. The van der Waals surface area contributed by atoms with Crippen LogP contribution in [-0.4, -0.2) is 42.1 Å². The third-order valence-electron chi connectivity index (χ3n) is 3.78. The van der Waals surface area contributed by atoms with Crippen molar-refractivity contribution in [3.8, 4) is 5.75 Å². The third-order valence-corrected chi connectivity index (χ3v) is 3.78. The highest BCUT2D eigenvalue weighted by Crippen LogP contribution is 2.24. The molecule has 0 saturated heterocycles.